The topological polar surface area (TPSA) is 119 Å². The molecule has 0 fully saturated rings. The minimum absolute atomic E-state index is 0.325. The van der Waals surface area contributed by atoms with Crippen LogP contribution in [0.1, 0.15) is 48.9 Å². The van der Waals surface area contributed by atoms with Crippen LogP contribution in [0.4, 0.5) is 0 Å². The highest BCUT2D eigenvalue weighted by Gasteiger charge is 2.23. The molecule has 0 radical (unpaired) electrons. The fourth-order valence-electron chi connectivity index (χ4n) is 4.41. The van der Waals surface area contributed by atoms with E-state index in [1.807, 2.05) is 24.3 Å². The van der Waals surface area contributed by atoms with Crippen molar-refractivity contribution in [2.75, 3.05) is 20.3 Å². The Balaban J connectivity index is 1.15. The van der Waals surface area contributed by atoms with Gasteiger partial charge in [-0.05, 0) is 73.5 Å². The van der Waals surface area contributed by atoms with Crippen molar-refractivity contribution in [2.24, 2.45) is 0 Å². The number of carbonyl (C=O) groups is 1. The van der Waals surface area contributed by atoms with Crippen LogP contribution in [0.15, 0.2) is 77.2 Å². The number of para-hydroxylation sites is 2. The predicted molar refractivity (Wildman–Crippen MR) is 149 cm³/mol. The minimum atomic E-state index is -0.413. The zero-order valence-electron chi connectivity index (χ0n) is 22.4. The Morgan fingerprint density at radius 1 is 0.825 bits per heavy atom. The third kappa shape index (κ3) is 6.35. The van der Waals surface area contributed by atoms with Gasteiger partial charge in [-0.2, -0.15) is 0 Å². The summed E-state index contributed by atoms with van der Waals surface area (Å²) in [4.78, 5) is 13.4. The van der Waals surface area contributed by atoms with Gasteiger partial charge < -0.3 is 19.1 Å². The van der Waals surface area contributed by atoms with Gasteiger partial charge in [0.25, 0.3) is 0 Å². The fraction of sp³-hybridized carbons (Fsp3) is 0.300. The molecule has 3 aromatic carbocycles. The third-order valence-electron chi connectivity index (χ3n) is 6.60. The molecule has 0 aliphatic rings. The smallest absolute Gasteiger partial charge is 0.366 e. The van der Waals surface area contributed by atoms with Crippen molar-refractivity contribution in [2.45, 2.75) is 38.5 Å². The van der Waals surface area contributed by atoms with Gasteiger partial charge in [0.05, 0.1) is 12.2 Å². The van der Waals surface area contributed by atoms with E-state index >= 15 is 0 Å². The summed E-state index contributed by atoms with van der Waals surface area (Å²) >= 11 is 0. The number of ether oxygens (including phenoxy) is 2. The molecule has 0 saturated heterocycles. The molecule has 5 aromatic rings. The molecule has 2 aromatic heterocycles. The second kappa shape index (κ2) is 13.0. The first kappa shape index (κ1) is 27.0. The fourth-order valence-corrected chi connectivity index (χ4v) is 4.41. The van der Waals surface area contributed by atoms with Gasteiger partial charge in [-0.3, -0.25) is 0 Å². The molecule has 0 N–H and O–H groups in total. The zero-order valence-corrected chi connectivity index (χ0v) is 22.4. The molecular formula is C30H31N5O5. The maximum Gasteiger partial charge on any atom is 0.366 e. The van der Waals surface area contributed by atoms with E-state index in [0.717, 1.165) is 41.9 Å². The Morgan fingerprint density at radius 3 is 2.10 bits per heavy atom. The quantitative estimate of drug-likeness (QED) is 0.110. The summed E-state index contributed by atoms with van der Waals surface area (Å²) in [6, 6.07) is 21.1. The highest BCUT2D eigenvalue weighted by atomic mass is 16.5. The van der Waals surface area contributed by atoms with E-state index in [0.29, 0.717) is 45.4 Å². The van der Waals surface area contributed by atoms with Crippen LogP contribution in [0.25, 0.3) is 33.9 Å². The predicted octanol–water partition coefficient (Wildman–Crippen LogP) is 5.44. The summed E-state index contributed by atoms with van der Waals surface area (Å²) in [5.41, 5.74) is 2.58. The first-order valence-electron chi connectivity index (χ1n) is 13.4. The first-order chi connectivity index (χ1) is 19.6. The Hall–Kier alpha value is -4.57. The van der Waals surface area contributed by atoms with Crippen LogP contribution >= 0.6 is 0 Å². The van der Waals surface area contributed by atoms with Crippen LogP contribution in [0, 0.1) is 5.21 Å². The molecule has 0 aliphatic heterocycles. The standard InChI is InChI=1S/C30H31N5O5/c1-38-20-8-4-2-3-5-9-21-39-25-18-16-23(17-19-25)29-32-31-28(40-29)22-12-14-24(15-13-22)30(36)34-26-10-6-7-11-27(26)35(37)33-34/h6-7,10-19H,2-5,8-9,20-21H2,1H3. The van der Waals surface area contributed by atoms with Crippen molar-refractivity contribution in [1.29, 1.82) is 0 Å². The largest absolute Gasteiger partial charge is 0.691 e. The van der Waals surface area contributed by atoms with Crippen LogP contribution in [0.3, 0.4) is 0 Å². The van der Waals surface area contributed by atoms with E-state index in [2.05, 4.69) is 15.4 Å². The number of benzene rings is 3. The van der Waals surface area contributed by atoms with Crippen molar-refractivity contribution in [1.82, 2.24) is 20.1 Å². The van der Waals surface area contributed by atoms with Gasteiger partial charge in [0.2, 0.25) is 22.8 Å². The monoisotopic (exact) mass is 541 g/mol. The van der Waals surface area contributed by atoms with Crippen molar-refractivity contribution in [3.63, 3.8) is 0 Å². The van der Waals surface area contributed by atoms with Gasteiger partial charge in [0.15, 0.2) is 0 Å². The van der Waals surface area contributed by atoms with E-state index in [9.17, 15) is 10.0 Å². The minimum Gasteiger partial charge on any atom is -0.691 e. The summed E-state index contributed by atoms with van der Waals surface area (Å²) in [5.74, 6) is 1.11. The molecule has 0 aliphatic carbocycles. The molecule has 0 spiro atoms. The Kier molecular flexibility index (Phi) is 8.77. The van der Waals surface area contributed by atoms with E-state index in [-0.39, 0.29) is 0 Å². The Bertz CT molecular complexity index is 1540. The van der Waals surface area contributed by atoms with Gasteiger partial charge in [-0.15, -0.1) is 15.0 Å². The number of carbonyl (C=O) groups excluding carboxylic acids is 1. The summed E-state index contributed by atoms with van der Waals surface area (Å²) in [7, 11) is 1.74. The lowest BCUT2D eigenvalue weighted by Gasteiger charge is -2.06. The maximum absolute atomic E-state index is 13.0. The number of unbranched alkanes of at least 4 members (excludes halogenated alkanes) is 5. The number of nitrogens with zero attached hydrogens (tertiary/aromatic N) is 5. The molecular weight excluding hydrogens is 510 g/mol. The van der Waals surface area contributed by atoms with Crippen molar-refractivity contribution in [3.05, 3.63) is 83.6 Å². The van der Waals surface area contributed by atoms with Crippen LogP contribution in [-0.4, -0.2) is 46.3 Å². The lowest BCUT2D eigenvalue weighted by molar-refractivity contribution is -0.645. The van der Waals surface area contributed by atoms with Crippen LogP contribution in [0.5, 0.6) is 5.75 Å². The second-order valence-corrected chi connectivity index (χ2v) is 9.44. The maximum atomic E-state index is 13.0. The summed E-state index contributed by atoms with van der Waals surface area (Å²) in [6.07, 6.45) is 6.98. The van der Waals surface area contributed by atoms with Crippen LogP contribution < -0.4 is 9.58 Å². The number of methoxy groups -OCH3 is 1. The average Bonchev–Trinajstić information content (AvgIpc) is 3.62. The van der Waals surface area contributed by atoms with E-state index in [1.54, 1.807) is 55.6 Å². The van der Waals surface area contributed by atoms with Crippen molar-refractivity contribution < 1.29 is 23.5 Å². The molecule has 2 heterocycles. The molecule has 0 unspecified atom stereocenters. The number of fused-ring (bicyclic) bond motifs is 1. The molecule has 0 saturated carbocycles. The molecule has 40 heavy (non-hydrogen) atoms. The lowest BCUT2D eigenvalue weighted by Crippen LogP contribution is -2.31. The van der Waals surface area contributed by atoms with Gasteiger partial charge in [-0.25, -0.2) is 4.79 Å². The number of hydrogen-bond donors (Lipinski definition) is 0. The molecule has 0 amide bonds. The van der Waals surface area contributed by atoms with Crippen LogP contribution in [0.2, 0.25) is 0 Å². The molecule has 0 atom stereocenters. The Labute approximate surface area is 231 Å². The second-order valence-electron chi connectivity index (χ2n) is 9.44. The highest BCUT2D eigenvalue weighted by molar-refractivity contribution is 5.99. The van der Waals surface area contributed by atoms with E-state index in [4.69, 9.17) is 13.9 Å². The molecule has 10 nitrogen and oxygen atoms in total. The molecule has 5 rings (SSSR count). The lowest BCUT2D eigenvalue weighted by atomic mass is 10.1. The molecule has 10 heteroatoms. The third-order valence-corrected chi connectivity index (χ3v) is 6.60. The Morgan fingerprint density at radius 2 is 1.43 bits per heavy atom. The van der Waals surface area contributed by atoms with Gasteiger partial charge >= 0.3 is 5.91 Å². The van der Waals surface area contributed by atoms with Gasteiger partial charge in [0, 0.05) is 24.8 Å². The number of aromatic nitrogens is 5. The summed E-state index contributed by atoms with van der Waals surface area (Å²) in [5, 5.41) is 24.2. The zero-order chi connectivity index (χ0) is 27.7. The van der Waals surface area contributed by atoms with E-state index in [1.165, 1.54) is 19.3 Å². The first-order valence-corrected chi connectivity index (χ1v) is 13.4. The summed E-state index contributed by atoms with van der Waals surface area (Å²) in [6.45, 7) is 1.53. The van der Waals surface area contributed by atoms with Gasteiger partial charge in [-0.1, -0.05) is 42.5 Å². The van der Waals surface area contributed by atoms with E-state index < -0.39 is 5.91 Å². The highest BCUT2D eigenvalue weighted by Crippen LogP contribution is 2.26. The molecule has 0 bridgehead atoms. The van der Waals surface area contributed by atoms with Crippen LogP contribution in [-0.2, 0) is 4.74 Å². The van der Waals surface area contributed by atoms with Crippen molar-refractivity contribution in [3.8, 4) is 28.7 Å². The average molecular weight is 542 g/mol. The summed E-state index contributed by atoms with van der Waals surface area (Å²) < 4.78 is 17.9. The van der Waals surface area contributed by atoms with Gasteiger partial charge in [0.1, 0.15) is 11.0 Å². The number of hydrogen-bond acceptors (Lipinski definition) is 8. The SMILES string of the molecule is COCCCCCCCCOc1ccc(-c2nnc(-c3ccc(C(=O)n4n[n+]([O-])c5ccccc54)cc3)o2)cc1. The molecule has 206 valence electrons. The number of rotatable bonds is 13. The van der Waals surface area contributed by atoms with Crippen molar-refractivity contribution >= 4 is 16.9 Å². The normalized spacial score (nSPS) is 11.2.